The normalized spacial score (nSPS) is 10.8. The Morgan fingerprint density at radius 2 is 1.57 bits per heavy atom. The lowest BCUT2D eigenvalue weighted by Gasteiger charge is -2.07. The lowest BCUT2D eigenvalue weighted by molar-refractivity contribution is -0.116. The minimum absolute atomic E-state index is 0.148. The lowest BCUT2D eigenvalue weighted by atomic mass is 10.2. The average Bonchev–Trinajstić information content (AvgIpc) is 2.72. The molecule has 0 spiro atoms. The van der Waals surface area contributed by atoms with Crippen LogP contribution in [0, 0.1) is 0 Å². The highest BCUT2D eigenvalue weighted by atomic mass is 79.9. The van der Waals surface area contributed by atoms with Gasteiger partial charge in [-0.25, -0.2) is 0 Å². The standard InChI is InChI=1S/C23H19BrClNO2/c24-20-8-1-19(2-9-20)16-28-22-12-5-17(6-13-22)7-14-23(27)26-15-18-3-10-21(25)11-4-18/h1-14H,15-16H2,(H,26,27)/b14-7+. The fraction of sp³-hybridized carbons (Fsp3) is 0.0870. The third-order valence-electron chi connectivity index (χ3n) is 4.01. The van der Waals surface area contributed by atoms with Gasteiger partial charge in [0.1, 0.15) is 12.4 Å². The number of ether oxygens (including phenoxy) is 1. The molecule has 3 nitrogen and oxygen atoms in total. The number of carbonyl (C=O) groups excluding carboxylic acids is 1. The Bertz CT molecular complexity index is 936. The van der Waals surface area contributed by atoms with Crippen molar-refractivity contribution < 1.29 is 9.53 Å². The third-order valence-corrected chi connectivity index (χ3v) is 4.79. The minimum atomic E-state index is -0.148. The molecule has 0 aliphatic rings. The van der Waals surface area contributed by atoms with E-state index in [1.807, 2.05) is 60.7 Å². The van der Waals surface area contributed by atoms with Crippen LogP contribution in [0.15, 0.2) is 83.3 Å². The molecule has 0 aliphatic carbocycles. The van der Waals surface area contributed by atoms with Gasteiger partial charge in [-0.2, -0.15) is 0 Å². The van der Waals surface area contributed by atoms with Gasteiger partial charge in [0.25, 0.3) is 0 Å². The molecule has 0 atom stereocenters. The first-order valence-corrected chi connectivity index (χ1v) is 9.93. The largest absolute Gasteiger partial charge is 0.489 e. The summed E-state index contributed by atoms with van der Waals surface area (Å²) in [5.74, 6) is 0.637. The smallest absolute Gasteiger partial charge is 0.244 e. The van der Waals surface area contributed by atoms with E-state index in [-0.39, 0.29) is 5.91 Å². The van der Waals surface area contributed by atoms with E-state index in [0.717, 1.165) is 26.9 Å². The van der Waals surface area contributed by atoms with Gasteiger partial charge in [-0.15, -0.1) is 0 Å². The maximum atomic E-state index is 12.0. The van der Waals surface area contributed by atoms with Crippen LogP contribution in [0.1, 0.15) is 16.7 Å². The average molecular weight is 457 g/mol. The number of hydrogen-bond acceptors (Lipinski definition) is 2. The molecule has 5 heteroatoms. The number of hydrogen-bond donors (Lipinski definition) is 1. The zero-order valence-corrected chi connectivity index (χ0v) is 17.4. The molecule has 0 fully saturated rings. The molecule has 0 aliphatic heterocycles. The van der Waals surface area contributed by atoms with Gasteiger partial charge in [0.15, 0.2) is 0 Å². The van der Waals surface area contributed by atoms with E-state index in [9.17, 15) is 4.79 Å². The van der Waals surface area contributed by atoms with Crippen molar-refractivity contribution in [1.29, 1.82) is 0 Å². The second-order valence-electron chi connectivity index (χ2n) is 6.16. The highest BCUT2D eigenvalue weighted by molar-refractivity contribution is 9.10. The van der Waals surface area contributed by atoms with Gasteiger partial charge in [0, 0.05) is 22.1 Å². The van der Waals surface area contributed by atoms with Gasteiger partial charge in [-0.1, -0.05) is 63.9 Å². The number of amides is 1. The molecule has 3 aromatic rings. The van der Waals surface area contributed by atoms with Gasteiger partial charge < -0.3 is 10.1 Å². The Balaban J connectivity index is 1.46. The van der Waals surface area contributed by atoms with Crippen molar-refractivity contribution in [3.05, 3.63) is 105 Å². The van der Waals surface area contributed by atoms with Crippen molar-refractivity contribution in [3.8, 4) is 5.75 Å². The maximum absolute atomic E-state index is 12.0. The fourth-order valence-electron chi connectivity index (χ4n) is 2.44. The molecular formula is C23H19BrClNO2. The van der Waals surface area contributed by atoms with E-state index in [1.54, 1.807) is 18.2 Å². The Labute approximate surface area is 178 Å². The molecule has 0 saturated heterocycles. The molecule has 0 bridgehead atoms. The van der Waals surface area contributed by atoms with Crippen LogP contribution >= 0.6 is 27.5 Å². The molecule has 0 aromatic heterocycles. The summed E-state index contributed by atoms with van der Waals surface area (Å²) in [4.78, 5) is 12.0. The van der Waals surface area contributed by atoms with Crippen molar-refractivity contribution in [1.82, 2.24) is 5.32 Å². The first-order valence-electron chi connectivity index (χ1n) is 8.76. The molecule has 0 heterocycles. The van der Waals surface area contributed by atoms with Crippen LogP contribution in [0.2, 0.25) is 5.02 Å². The van der Waals surface area contributed by atoms with Crippen LogP contribution in [0.5, 0.6) is 5.75 Å². The van der Waals surface area contributed by atoms with Gasteiger partial charge in [-0.05, 0) is 59.2 Å². The summed E-state index contributed by atoms with van der Waals surface area (Å²) in [6.45, 7) is 0.971. The van der Waals surface area contributed by atoms with E-state index in [4.69, 9.17) is 16.3 Å². The Morgan fingerprint density at radius 1 is 0.929 bits per heavy atom. The van der Waals surface area contributed by atoms with Crippen LogP contribution < -0.4 is 10.1 Å². The zero-order valence-electron chi connectivity index (χ0n) is 15.1. The molecule has 0 radical (unpaired) electrons. The molecule has 0 unspecified atom stereocenters. The molecule has 28 heavy (non-hydrogen) atoms. The van der Waals surface area contributed by atoms with Crippen LogP contribution in [0.3, 0.4) is 0 Å². The number of rotatable bonds is 7. The second-order valence-corrected chi connectivity index (χ2v) is 7.51. The van der Waals surface area contributed by atoms with Crippen molar-refractivity contribution in [3.63, 3.8) is 0 Å². The van der Waals surface area contributed by atoms with E-state index < -0.39 is 0 Å². The first kappa shape index (κ1) is 20.2. The van der Waals surface area contributed by atoms with Crippen LogP contribution in [0.4, 0.5) is 0 Å². The summed E-state index contributed by atoms with van der Waals surface area (Å²) in [6.07, 6.45) is 3.29. The van der Waals surface area contributed by atoms with E-state index in [2.05, 4.69) is 21.2 Å². The van der Waals surface area contributed by atoms with Crippen LogP contribution in [-0.2, 0) is 17.9 Å². The van der Waals surface area contributed by atoms with Crippen molar-refractivity contribution >= 4 is 39.5 Å². The minimum Gasteiger partial charge on any atom is -0.489 e. The van der Waals surface area contributed by atoms with Gasteiger partial charge in [0.2, 0.25) is 5.91 Å². The monoisotopic (exact) mass is 455 g/mol. The number of benzene rings is 3. The molecule has 3 aromatic carbocycles. The SMILES string of the molecule is O=C(/C=C/c1ccc(OCc2ccc(Br)cc2)cc1)NCc1ccc(Cl)cc1. The summed E-state index contributed by atoms with van der Waals surface area (Å²) in [6, 6.07) is 23.0. The van der Waals surface area contributed by atoms with E-state index in [1.165, 1.54) is 6.08 Å². The summed E-state index contributed by atoms with van der Waals surface area (Å²) in [5, 5.41) is 3.53. The quantitative estimate of drug-likeness (QED) is 0.442. The van der Waals surface area contributed by atoms with Crippen molar-refractivity contribution in [2.75, 3.05) is 0 Å². The predicted molar refractivity (Wildman–Crippen MR) is 117 cm³/mol. The first-order chi connectivity index (χ1) is 13.6. The molecule has 1 N–H and O–H groups in total. The summed E-state index contributed by atoms with van der Waals surface area (Å²) in [7, 11) is 0. The Morgan fingerprint density at radius 3 is 2.25 bits per heavy atom. The van der Waals surface area contributed by atoms with Crippen molar-refractivity contribution in [2.24, 2.45) is 0 Å². The third kappa shape index (κ3) is 6.55. The van der Waals surface area contributed by atoms with Crippen LogP contribution in [-0.4, -0.2) is 5.91 Å². The number of nitrogens with one attached hydrogen (secondary N) is 1. The second kappa shape index (κ2) is 10.1. The lowest BCUT2D eigenvalue weighted by Crippen LogP contribution is -2.20. The Kier molecular flexibility index (Phi) is 7.29. The highest BCUT2D eigenvalue weighted by Gasteiger charge is 1.99. The van der Waals surface area contributed by atoms with Crippen molar-refractivity contribution in [2.45, 2.75) is 13.2 Å². The summed E-state index contributed by atoms with van der Waals surface area (Å²) < 4.78 is 6.83. The molecule has 3 rings (SSSR count). The predicted octanol–water partition coefficient (Wildman–Crippen LogP) is 6.01. The molecular weight excluding hydrogens is 438 g/mol. The van der Waals surface area contributed by atoms with Crippen LogP contribution in [0.25, 0.3) is 6.08 Å². The maximum Gasteiger partial charge on any atom is 0.244 e. The summed E-state index contributed by atoms with van der Waals surface area (Å²) >= 11 is 9.27. The van der Waals surface area contributed by atoms with Gasteiger partial charge >= 0.3 is 0 Å². The fourth-order valence-corrected chi connectivity index (χ4v) is 2.84. The molecule has 142 valence electrons. The Hall–Kier alpha value is -2.56. The zero-order chi connectivity index (χ0) is 19.8. The number of carbonyl (C=O) groups is 1. The number of halogens is 2. The highest BCUT2D eigenvalue weighted by Crippen LogP contribution is 2.16. The topological polar surface area (TPSA) is 38.3 Å². The van der Waals surface area contributed by atoms with E-state index >= 15 is 0 Å². The van der Waals surface area contributed by atoms with E-state index in [0.29, 0.717) is 18.2 Å². The van der Waals surface area contributed by atoms with Gasteiger partial charge in [0.05, 0.1) is 0 Å². The molecule has 0 saturated carbocycles. The molecule has 1 amide bonds. The summed E-state index contributed by atoms with van der Waals surface area (Å²) in [5.41, 5.74) is 3.03. The van der Waals surface area contributed by atoms with Gasteiger partial charge in [-0.3, -0.25) is 4.79 Å².